The molecular formula is C13H18BrFN2O2. The predicted molar refractivity (Wildman–Crippen MR) is 76.6 cm³/mol. The van der Waals surface area contributed by atoms with Crippen molar-refractivity contribution in [3.05, 3.63) is 28.5 Å². The van der Waals surface area contributed by atoms with E-state index in [1.54, 1.807) is 0 Å². The zero-order chi connectivity index (χ0) is 14.5. The third-order valence-corrected chi connectivity index (χ3v) is 3.38. The van der Waals surface area contributed by atoms with Crippen LogP contribution in [0.1, 0.15) is 20.3 Å². The Morgan fingerprint density at radius 3 is 2.79 bits per heavy atom. The summed E-state index contributed by atoms with van der Waals surface area (Å²) in [6.45, 7) is 4.39. The van der Waals surface area contributed by atoms with Crippen molar-refractivity contribution in [2.24, 2.45) is 5.41 Å². The molecule has 0 unspecified atom stereocenters. The van der Waals surface area contributed by atoms with Gasteiger partial charge in [0.15, 0.2) is 0 Å². The second-order valence-corrected chi connectivity index (χ2v) is 5.92. The van der Waals surface area contributed by atoms with Crippen molar-refractivity contribution in [3.8, 4) is 0 Å². The van der Waals surface area contributed by atoms with Crippen LogP contribution in [0.2, 0.25) is 0 Å². The molecule has 0 fully saturated rings. The zero-order valence-corrected chi connectivity index (χ0v) is 12.6. The van der Waals surface area contributed by atoms with Gasteiger partial charge in [0.2, 0.25) is 0 Å². The van der Waals surface area contributed by atoms with Gasteiger partial charge in [-0.2, -0.15) is 0 Å². The summed E-state index contributed by atoms with van der Waals surface area (Å²) in [6.07, 6.45) is 0.594. The molecule has 6 heteroatoms. The third kappa shape index (κ3) is 5.57. The van der Waals surface area contributed by atoms with Crippen LogP contribution >= 0.6 is 15.9 Å². The van der Waals surface area contributed by atoms with Crippen LogP contribution in [0.15, 0.2) is 22.7 Å². The summed E-state index contributed by atoms with van der Waals surface area (Å²) < 4.78 is 13.7. The maximum absolute atomic E-state index is 13.1. The van der Waals surface area contributed by atoms with Gasteiger partial charge in [-0.3, -0.25) is 0 Å². The first-order chi connectivity index (χ1) is 8.84. The fourth-order valence-corrected chi connectivity index (χ4v) is 1.82. The van der Waals surface area contributed by atoms with Crippen LogP contribution in [0.5, 0.6) is 0 Å². The van der Waals surface area contributed by atoms with Crippen molar-refractivity contribution in [1.29, 1.82) is 0 Å². The molecule has 0 saturated carbocycles. The molecule has 0 aliphatic rings. The van der Waals surface area contributed by atoms with Crippen molar-refractivity contribution in [1.82, 2.24) is 5.32 Å². The topological polar surface area (TPSA) is 61.4 Å². The minimum absolute atomic E-state index is 0.0751. The van der Waals surface area contributed by atoms with E-state index in [0.717, 1.165) is 0 Å². The van der Waals surface area contributed by atoms with E-state index in [2.05, 4.69) is 26.6 Å². The molecule has 19 heavy (non-hydrogen) atoms. The quantitative estimate of drug-likeness (QED) is 0.775. The molecule has 4 nitrogen and oxygen atoms in total. The lowest BCUT2D eigenvalue weighted by Crippen LogP contribution is -2.37. The zero-order valence-electron chi connectivity index (χ0n) is 11.0. The Hall–Kier alpha value is -1.14. The van der Waals surface area contributed by atoms with Gasteiger partial charge in [0, 0.05) is 17.6 Å². The van der Waals surface area contributed by atoms with Gasteiger partial charge in [-0.25, -0.2) is 9.18 Å². The number of amides is 2. The number of rotatable bonds is 5. The van der Waals surface area contributed by atoms with Crippen LogP contribution in [0.3, 0.4) is 0 Å². The molecule has 1 rings (SSSR count). The van der Waals surface area contributed by atoms with Crippen molar-refractivity contribution >= 4 is 27.6 Å². The molecule has 0 radical (unpaired) electrons. The maximum Gasteiger partial charge on any atom is 0.319 e. The molecule has 106 valence electrons. The average molecular weight is 333 g/mol. The smallest absolute Gasteiger partial charge is 0.319 e. The largest absolute Gasteiger partial charge is 0.396 e. The molecule has 0 aromatic heterocycles. The summed E-state index contributed by atoms with van der Waals surface area (Å²) in [6, 6.07) is 3.66. The summed E-state index contributed by atoms with van der Waals surface area (Å²) in [4.78, 5) is 11.7. The van der Waals surface area contributed by atoms with Gasteiger partial charge in [-0.1, -0.05) is 13.8 Å². The van der Waals surface area contributed by atoms with Crippen molar-refractivity contribution in [2.75, 3.05) is 18.5 Å². The van der Waals surface area contributed by atoms with Crippen molar-refractivity contribution in [2.45, 2.75) is 20.3 Å². The molecule has 0 bridgehead atoms. The SMILES string of the molecule is CC(C)(CCO)CNC(=O)Nc1cc(F)ccc1Br. The first-order valence-corrected chi connectivity index (χ1v) is 6.74. The number of hydrogen-bond acceptors (Lipinski definition) is 2. The highest BCUT2D eigenvalue weighted by Gasteiger charge is 2.18. The monoisotopic (exact) mass is 332 g/mol. The van der Waals surface area contributed by atoms with Crippen LogP contribution in [0.25, 0.3) is 0 Å². The number of anilines is 1. The molecule has 0 aliphatic heterocycles. The van der Waals surface area contributed by atoms with E-state index in [1.165, 1.54) is 18.2 Å². The van der Waals surface area contributed by atoms with Crippen LogP contribution in [-0.4, -0.2) is 24.3 Å². The molecule has 0 heterocycles. The van der Waals surface area contributed by atoms with E-state index < -0.39 is 11.8 Å². The minimum Gasteiger partial charge on any atom is -0.396 e. The highest BCUT2D eigenvalue weighted by molar-refractivity contribution is 9.10. The number of aliphatic hydroxyl groups excluding tert-OH is 1. The molecule has 1 aromatic carbocycles. The normalized spacial score (nSPS) is 11.2. The molecule has 1 aromatic rings. The second kappa shape index (κ2) is 6.86. The number of carbonyl (C=O) groups is 1. The van der Waals surface area contributed by atoms with Gasteiger partial charge in [0.1, 0.15) is 5.82 Å². The van der Waals surface area contributed by atoms with Gasteiger partial charge in [-0.05, 0) is 46.0 Å². The minimum atomic E-state index is -0.417. The third-order valence-electron chi connectivity index (χ3n) is 2.69. The van der Waals surface area contributed by atoms with E-state index in [4.69, 9.17) is 5.11 Å². The predicted octanol–water partition coefficient (Wildman–Crippen LogP) is 3.12. The molecular weight excluding hydrogens is 315 g/mol. The Kier molecular flexibility index (Phi) is 5.75. The first kappa shape index (κ1) is 15.9. The summed E-state index contributed by atoms with van der Waals surface area (Å²) >= 11 is 3.23. The van der Waals surface area contributed by atoms with Gasteiger partial charge in [0.25, 0.3) is 0 Å². The molecule has 3 N–H and O–H groups in total. The van der Waals surface area contributed by atoms with Gasteiger partial charge >= 0.3 is 6.03 Å². The number of nitrogens with one attached hydrogen (secondary N) is 2. The van der Waals surface area contributed by atoms with E-state index in [9.17, 15) is 9.18 Å². The number of halogens is 2. The fraction of sp³-hybridized carbons (Fsp3) is 0.462. The van der Waals surface area contributed by atoms with Gasteiger partial charge in [0.05, 0.1) is 5.69 Å². The summed E-state index contributed by atoms with van der Waals surface area (Å²) in [5, 5.41) is 14.2. The highest BCUT2D eigenvalue weighted by atomic mass is 79.9. The van der Waals surface area contributed by atoms with Crippen LogP contribution in [-0.2, 0) is 0 Å². The summed E-state index contributed by atoms with van der Waals surface area (Å²) in [5.74, 6) is -0.417. The lowest BCUT2D eigenvalue weighted by Gasteiger charge is -2.23. The number of benzene rings is 1. The first-order valence-electron chi connectivity index (χ1n) is 5.95. The van der Waals surface area contributed by atoms with E-state index in [1.807, 2.05) is 13.8 Å². The number of carbonyl (C=O) groups excluding carboxylic acids is 1. The summed E-state index contributed by atoms with van der Waals surface area (Å²) in [7, 11) is 0. The van der Waals surface area contributed by atoms with Crippen molar-refractivity contribution < 1.29 is 14.3 Å². The lowest BCUT2D eigenvalue weighted by molar-refractivity contribution is 0.204. The molecule has 0 atom stereocenters. The maximum atomic E-state index is 13.1. The van der Waals surface area contributed by atoms with Crippen molar-refractivity contribution in [3.63, 3.8) is 0 Å². The average Bonchev–Trinajstić information content (AvgIpc) is 2.31. The molecule has 0 aliphatic carbocycles. The Morgan fingerprint density at radius 2 is 2.16 bits per heavy atom. The lowest BCUT2D eigenvalue weighted by atomic mass is 9.90. The van der Waals surface area contributed by atoms with Crippen LogP contribution in [0.4, 0.5) is 14.9 Å². The Labute approximate surface area is 120 Å². The number of aliphatic hydroxyl groups is 1. The van der Waals surface area contributed by atoms with Crippen LogP contribution < -0.4 is 10.6 Å². The van der Waals surface area contributed by atoms with Gasteiger partial charge in [-0.15, -0.1) is 0 Å². The molecule has 0 spiro atoms. The van der Waals surface area contributed by atoms with E-state index >= 15 is 0 Å². The number of urea groups is 1. The Bertz CT molecular complexity index is 452. The standard InChI is InChI=1S/C13H18BrFN2O2/c1-13(2,5-6-18)8-16-12(19)17-11-7-9(15)3-4-10(11)14/h3-4,7,18H,5-6,8H2,1-2H3,(H2,16,17,19). The summed E-state index contributed by atoms with van der Waals surface area (Å²) in [5.41, 5.74) is 0.183. The second-order valence-electron chi connectivity index (χ2n) is 5.07. The fourth-order valence-electron chi connectivity index (χ4n) is 1.47. The van der Waals surface area contributed by atoms with E-state index in [0.29, 0.717) is 23.1 Å². The molecule has 0 saturated heterocycles. The van der Waals surface area contributed by atoms with Crippen LogP contribution in [0, 0.1) is 11.2 Å². The highest BCUT2D eigenvalue weighted by Crippen LogP contribution is 2.23. The van der Waals surface area contributed by atoms with E-state index in [-0.39, 0.29) is 12.0 Å². The number of hydrogen-bond donors (Lipinski definition) is 3. The Morgan fingerprint density at radius 1 is 1.47 bits per heavy atom. The molecule has 2 amide bonds. The Balaban J connectivity index is 2.54. The van der Waals surface area contributed by atoms with Gasteiger partial charge < -0.3 is 15.7 Å².